The number of aromatic nitrogens is 4. The van der Waals surface area contributed by atoms with Gasteiger partial charge in [0.1, 0.15) is 10.5 Å². The van der Waals surface area contributed by atoms with Gasteiger partial charge in [-0.25, -0.2) is 0 Å². The first kappa shape index (κ1) is 22.9. The van der Waals surface area contributed by atoms with Crippen molar-refractivity contribution < 1.29 is 4.79 Å². The number of halogens is 1. The second kappa shape index (κ2) is 9.38. The van der Waals surface area contributed by atoms with Crippen LogP contribution in [0.2, 0.25) is 5.02 Å². The zero-order chi connectivity index (χ0) is 23.8. The Kier molecular flexibility index (Phi) is 6.31. The van der Waals surface area contributed by atoms with Crippen LogP contribution in [0.25, 0.3) is 16.0 Å². The number of aryl methyl sites for hydroxylation is 1. The van der Waals surface area contributed by atoms with E-state index in [9.17, 15) is 9.59 Å². The third-order valence-electron chi connectivity index (χ3n) is 6.20. The number of piperazine rings is 1. The number of rotatable bonds is 6. The maximum atomic E-state index is 13.0. The normalized spacial score (nSPS) is 14.6. The van der Waals surface area contributed by atoms with Crippen LogP contribution < -0.4 is 10.5 Å². The minimum atomic E-state index is -0.0289. The lowest BCUT2D eigenvalue weighted by atomic mass is 10.2. The first-order valence-electron chi connectivity index (χ1n) is 11.5. The molecule has 0 aliphatic carbocycles. The smallest absolute Gasteiger partial charge is 0.272 e. The minimum Gasteiger partial charge on any atom is -0.368 e. The Hall–Kier alpha value is -2.91. The monoisotopic (exact) mass is 498 g/mol. The zero-order valence-corrected chi connectivity index (χ0v) is 20.8. The second-order valence-corrected chi connectivity index (χ2v) is 10.4. The molecule has 5 rings (SSSR count). The molecular weight excluding hydrogens is 472 g/mol. The lowest BCUT2D eigenvalue weighted by molar-refractivity contribution is -0.131. The molecule has 0 unspecified atom stereocenters. The van der Waals surface area contributed by atoms with Crippen LogP contribution in [0.3, 0.4) is 0 Å². The highest BCUT2D eigenvalue weighted by Crippen LogP contribution is 2.22. The van der Waals surface area contributed by atoms with Crippen molar-refractivity contribution in [3.8, 4) is 0 Å². The number of hydrogen-bond acceptors (Lipinski definition) is 6. The van der Waals surface area contributed by atoms with Crippen molar-refractivity contribution in [2.45, 2.75) is 33.2 Å². The Balaban J connectivity index is 1.30. The van der Waals surface area contributed by atoms with Gasteiger partial charge in [-0.15, -0.1) is 21.5 Å². The maximum Gasteiger partial charge on any atom is 0.272 e. The molecule has 1 amide bonds. The Morgan fingerprint density at radius 3 is 2.68 bits per heavy atom. The van der Waals surface area contributed by atoms with Gasteiger partial charge in [0.15, 0.2) is 0 Å². The Morgan fingerprint density at radius 2 is 1.94 bits per heavy atom. The number of fused-ring (bicyclic) bond motifs is 3. The summed E-state index contributed by atoms with van der Waals surface area (Å²) in [5, 5.41) is 11.4. The summed E-state index contributed by atoms with van der Waals surface area (Å²) in [7, 11) is 0. The van der Waals surface area contributed by atoms with Crippen LogP contribution in [0.1, 0.15) is 26.1 Å². The molecule has 8 nitrogen and oxygen atoms in total. The average molecular weight is 499 g/mol. The summed E-state index contributed by atoms with van der Waals surface area (Å²) in [5.74, 6) is 1.66. The molecule has 0 N–H and O–H groups in total. The topological polar surface area (TPSA) is 75.7 Å². The van der Waals surface area contributed by atoms with E-state index >= 15 is 0 Å². The van der Waals surface area contributed by atoms with Crippen LogP contribution in [0.15, 0.2) is 40.5 Å². The van der Waals surface area contributed by atoms with E-state index in [1.165, 1.54) is 11.3 Å². The van der Waals surface area contributed by atoms with E-state index in [0.29, 0.717) is 54.7 Å². The number of carbonyl (C=O) groups excluding carboxylic acids is 1. The zero-order valence-electron chi connectivity index (χ0n) is 19.3. The van der Waals surface area contributed by atoms with Gasteiger partial charge in [0, 0.05) is 56.3 Å². The van der Waals surface area contributed by atoms with E-state index < -0.39 is 0 Å². The number of carbonyl (C=O) groups is 1. The van der Waals surface area contributed by atoms with E-state index in [2.05, 4.69) is 28.9 Å². The fourth-order valence-corrected chi connectivity index (χ4v) is 5.54. The molecule has 1 aliphatic rings. The molecule has 0 saturated carbocycles. The number of thiophene rings is 1. The predicted octanol–water partition coefficient (Wildman–Crippen LogP) is 3.70. The molecule has 34 heavy (non-hydrogen) atoms. The van der Waals surface area contributed by atoms with Crippen molar-refractivity contribution in [3.63, 3.8) is 0 Å². The van der Waals surface area contributed by atoms with Crippen LogP contribution >= 0.6 is 22.9 Å². The van der Waals surface area contributed by atoms with E-state index in [1.807, 2.05) is 45.0 Å². The minimum absolute atomic E-state index is 0.0289. The highest BCUT2D eigenvalue weighted by molar-refractivity contribution is 7.17. The molecule has 4 heterocycles. The number of benzene rings is 1. The standard InChI is InChI=1S/C24H27ClN6O2S/c1-16(2)15-30-23(33)22-19(8-13-34-22)31-20(26-27-24(30)31)6-7-21(32)29-11-9-28(10-12-29)18-5-3-4-17(25)14-18/h3-5,8,13-14,16H,6-7,9-12,15H2,1-2H3. The summed E-state index contributed by atoms with van der Waals surface area (Å²) >= 11 is 7.56. The number of hydrogen-bond donors (Lipinski definition) is 0. The predicted molar refractivity (Wildman–Crippen MR) is 136 cm³/mol. The lowest BCUT2D eigenvalue weighted by Crippen LogP contribution is -2.48. The summed E-state index contributed by atoms with van der Waals surface area (Å²) in [6.07, 6.45) is 0.826. The molecule has 4 aromatic rings. The van der Waals surface area contributed by atoms with Gasteiger partial charge in [-0.1, -0.05) is 31.5 Å². The fourth-order valence-electron chi connectivity index (χ4n) is 4.54. The molecule has 178 valence electrons. The molecule has 0 spiro atoms. The molecule has 0 radical (unpaired) electrons. The van der Waals surface area contributed by atoms with Crippen molar-refractivity contribution in [3.05, 3.63) is 56.9 Å². The van der Waals surface area contributed by atoms with Gasteiger partial charge < -0.3 is 9.80 Å². The van der Waals surface area contributed by atoms with Crippen molar-refractivity contribution in [2.24, 2.45) is 5.92 Å². The second-order valence-electron chi connectivity index (χ2n) is 9.04. The van der Waals surface area contributed by atoms with Crippen LogP contribution in [0.4, 0.5) is 5.69 Å². The Labute approximate surface area is 206 Å². The lowest BCUT2D eigenvalue weighted by Gasteiger charge is -2.36. The molecule has 0 atom stereocenters. The maximum absolute atomic E-state index is 13.0. The molecule has 1 saturated heterocycles. The van der Waals surface area contributed by atoms with E-state index in [1.54, 1.807) is 4.57 Å². The summed E-state index contributed by atoms with van der Waals surface area (Å²) in [6, 6.07) is 9.75. The van der Waals surface area contributed by atoms with Gasteiger partial charge in [-0.05, 0) is 35.6 Å². The summed E-state index contributed by atoms with van der Waals surface area (Å²) in [4.78, 5) is 30.1. The molecule has 10 heteroatoms. The van der Waals surface area contributed by atoms with E-state index in [0.717, 1.165) is 29.3 Å². The highest BCUT2D eigenvalue weighted by atomic mass is 35.5. The molecule has 1 fully saturated rings. The number of nitrogens with zero attached hydrogens (tertiary/aromatic N) is 6. The summed E-state index contributed by atoms with van der Waals surface area (Å²) < 4.78 is 4.34. The van der Waals surface area contributed by atoms with Gasteiger partial charge in [-0.3, -0.25) is 18.6 Å². The largest absolute Gasteiger partial charge is 0.368 e. The molecular formula is C24H27ClN6O2S. The third kappa shape index (κ3) is 4.30. The Morgan fingerprint density at radius 1 is 1.15 bits per heavy atom. The third-order valence-corrected chi connectivity index (χ3v) is 7.32. The highest BCUT2D eigenvalue weighted by Gasteiger charge is 2.23. The summed E-state index contributed by atoms with van der Waals surface area (Å²) in [6.45, 7) is 7.62. The SMILES string of the molecule is CC(C)Cn1c(=O)c2sccc2n2c(CCC(=O)N3CCN(c4cccc(Cl)c4)CC3)nnc12. The van der Waals surface area contributed by atoms with Gasteiger partial charge in [-0.2, -0.15) is 0 Å². The Bertz CT molecular complexity index is 1400. The van der Waals surface area contributed by atoms with Gasteiger partial charge in [0.05, 0.1) is 5.52 Å². The quantitative estimate of drug-likeness (QED) is 0.405. The van der Waals surface area contributed by atoms with Crippen molar-refractivity contribution in [1.29, 1.82) is 0 Å². The van der Waals surface area contributed by atoms with Crippen molar-refractivity contribution in [1.82, 2.24) is 24.1 Å². The van der Waals surface area contributed by atoms with E-state index in [4.69, 9.17) is 11.6 Å². The average Bonchev–Trinajstić information content (AvgIpc) is 3.47. The fraction of sp³-hybridized carbons (Fsp3) is 0.417. The van der Waals surface area contributed by atoms with Crippen molar-refractivity contribution >= 4 is 50.5 Å². The molecule has 0 bridgehead atoms. The van der Waals surface area contributed by atoms with Gasteiger partial charge in [0.2, 0.25) is 11.7 Å². The van der Waals surface area contributed by atoms with Crippen LogP contribution in [-0.2, 0) is 17.8 Å². The van der Waals surface area contributed by atoms with Gasteiger partial charge in [0.25, 0.3) is 5.56 Å². The molecule has 1 aromatic carbocycles. The van der Waals surface area contributed by atoms with Gasteiger partial charge >= 0.3 is 0 Å². The number of amides is 1. The van der Waals surface area contributed by atoms with Crippen molar-refractivity contribution in [2.75, 3.05) is 31.1 Å². The van der Waals surface area contributed by atoms with Crippen LogP contribution in [0.5, 0.6) is 0 Å². The van der Waals surface area contributed by atoms with Crippen LogP contribution in [0, 0.1) is 5.92 Å². The molecule has 3 aromatic heterocycles. The first-order chi connectivity index (χ1) is 16.4. The molecule has 1 aliphatic heterocycles. The summed E-state index contributed by atoms with van der Waals surface area (Å²) in [5.41, 5.74) is 1.87. The number of anilines is 1. The first-order valence-corrected chi connectivity index (χ1v) is 12.8. The van der Waals surface area contributed by atoms with Crippen LogP contribution in [-0.4, -0.2) is 56.2 Å². The van der Waals surface area contributed by atoms with E-state index in [-0.39, 0.29) is 11.5 Å².